The van der Waals surface area contributed by atoms with Gasteiger partial charge in [-0.05, 0) is 55.0 Å². The first-order valence-electron chi connectivity index (χ1n) is 10.7. The highest BCUT2D eigenvalue weighted by Crippen LogP contribution is 2.32. The van der Waals surface area contributed by atoms with E-state index in [2.05, 4.69) is 15.5 Å². The first-order valence-corrected chi connectivity index (χ1v) is 12.8. The Morgan fingerprint density at radius 2 is 1.71 bits per heavy atom. The minimum atomic E-state index is -0.471. The number of ether oxygens (including phenoxy) is 1. The Balaban J connectivity index is 1.54. The molecule has 0 saturated carbocycles. The molecule has 4 aromatic rings. The summed E-state index contributed by atoms with van der Waals surface area (Å²) in [6.45, 7) is 1.67. The van der Waals surface area contributed by atoms with Crippen LogP contribution in [0.15, 0.2) is 78.0 Å². The fraction of sp³-hybridized carbons (Fsp3) is 0.160. The number of nitrogens with zero attached hydrogens (tertiary/aromatic N) is 3. The average Bonchev–Trinajstić information content (AvgIpc) is 3.27. The molecule has 1 heterocycles. The summed E-state index contributed by atoms with van der Waals surface area (Å²) in [4.78, 5) is 12.6. The Labute approximate surface area is 222 Å². The van der Waals surface area contributed by atoms with Gasteiger partial charge in [-0.25, -0.2) is 0 Å². The molecule has 0 aliphatic carbocycles. The van der Waals surface area contributed by atoms with Gasteiger partial charge in [0.1, 0.15) is 5.75 Å². The second-order valence-corrected chi connectivity index (χ2v) is 9.80. The number of benzene rings is 3. The van der Waals surface area contributed by atoms with Gasteiger partial charge in [0.05, 0.1) is 16.8 Å². The summed E-state index contributed by atoms with van der Waals surface area (Å²) in [7, 11) is 0. The summed E-state index contributed by atoms with van der Waals surface area (Å²) in [5.41, 5.74) is 1.82. The van der Waals surface area contributed by atoms with E-state index in [1.807, 2.05) is 47.9 Å². The van der Waals surface area contributed by atoms with Gasteiger partial charge in [0, 0.05) is 15.8 Å². The summed E-state index contributed by atoms with van der Waals surface area (Å²) in [6, 6.07) is 21.6. The average molecular weight is 548 g/mol. The number of amides is 1. The zero-order valence-corrected chi connectivity index (χ0v) is 21.7. The highest BCUT2D eigenvalue weighted by Gasteiger charge is 2.23. The highest BCUT2D eigenvalue weighted by molar-refractivity contribution is 7.98. The molecule has 0 radical (unpaired) electrons. The van der Waals surface area contributed by atoms with E-state index in [4.69, 9.17) is 39.5 Å². The predicted octanol–water partition coefficient (Wildman–Crippen LogP) is 6.78. The first kappa shape index (κ1) is 25.4. The molecule has 0 fully saturated rings. The van der Waals surface area contributed by atoms with Gasteiger partial charge in [0.25, 0.3) is 5.91 Å². The Morgan fingerprint density at radius 1 is 1.00 bits per heavy atom. The van der Waals surface area contributed by atoms with Crippen molar-refractivity contribution in [2.24, 2.45) is 0 Å². The molecular weight excluding hydrogens is 527 g/mol. The number of aromatic nitrogens is 3. The van der Waals surface area contributed by atoms with Crippen LogP contribution in [0.25, 0.3) is 5.69 Å². The van der Waals surface area contributed by atoms with E-state index in [1.54, 1.807) is 36.4 Å². The molecule has 0 aliphatic heterocycles. The van der Waals surface area contributed by atoms with Gasteiger partial charge in [-0.1, -0.05) is 76.9 Å². The van der Waals surface area contributed by atoms with Gasteiger partial charge in [0.15, 0.2) is 17.6 Å². The lowest BCUT2D eigenvalue weighted by molar-refractivity contribution is -0.123. The van der Waals surface area contributed by atoms with Crippen molar-refractivity contribution in [1.82, 2.24) is 20.1 Å². The maximum Gasteiger partial charge on any atom is 0.258 e. The third-order valence-electron chi connectivity index (χ3n) is 4.97. The monoisotopic (exact) mass is 546 g/mol. The second kappa shape index (κ2) is 11.8. The summed E-state index contributed by atoms with van der Waals surface area (Å²) in [5.74, 6) is 1.47. The van der Waals surface area contributed by atoms with Crippen LogP contribution in [0.2, 0.25) is 15.1 Å². The molecule has 3 aromatic carbocycles. The van der Waals surface area contributed by atoms with Gasteiger partial charge < -0.3 is 10.1 Å². The molecule has 0 aliphatic rings. The van der Waals surface area contributed by atoms with Crippen LogP contribution in [-0.4, -0.2) is 27.3 Å². The largest absolute Gasteiger partial charge is 0.484 e. The molecule has 4 rings (SSSR count). The molecule has 1 N–H and O–H groups in total. The molecule has 1 atom stereocenters. The normalized spacial score (nSPS) is 11.8. The standard InChI is InChI=1S/C25H21Cl3N4O2S/c1-16(29-23(33)14-34-20-10-7-18(26)8-11-20)24-30-31-25(35-15-17-5-3-2-4-6-17)32(24)22-12-9-19(27)13-21(22)28/h2-13,16H,14-15H2,1H3,(H,29,33). The number of hydrogen-bond acceptors (Lipinski definition) is 5. The lowest BCUT2D eigenvalue weighted by atomic mass is 10.2. The molecule has 10 heteroatoms. The fourth-order valence-electron chi connectivity index (χ4n) is 3.29. The van der Waals surface area contributed by atoms with Crippen molar-refractivity contribution >= 4 is 52.5 Å². The smallest absolute Gasteiger partial charge is 0.258 e. The molecule has 6 nitrogen and oxygen atoms in total. The fourth-order valence-corrected chi connectivity index (χ4v) is 4.82. The van der Waals surface area contributed by atoms with E-state index in [9.17, 15) is 4.79 Å². The van der Waals surface area contributed by atoms with Crippen molar-refractivity contribution in [1.29, 1.82) is 0 Å². The number of nitrogens with one attached hydrogen (secondary N) is 1. The van der Waals surface area contributed by atoms with E-state index in [-0.39, 0.29) is 12.5 Å². The number of thioether (sulfide) groups is 1. The number of carbonyl (C=O) groups excluding carboxylic acids is 1. The van der Waals surface area contributed by atoms with Gasteiger partial charge >= 0.3 is 0 Å². The quantitative estimate of drug-likeness (QED) is 0.234. The van der Waals surface area contributed by atoms with Crippen molar-refractivity contribution in [3.63, 3.8) is 0 Å². The Morgan fingerprint density at radius 3 is 2.43 bits per heavy atom. The summed E-state index contributed by atoms with van der Waals surface area (Å²) in [5, 5.41) is 13.9. The van der Waals surface area contributed by atoms with Crippen molar-refractivity contribution < 1.29 is 9.53 Å². The lowest BCUT2D eigenvalue weighted by Gasteiger charge is -2.17. The number of halogens is 3. The molecule has 0 bridgehead atoms. The Bertz CT molecular complexity index is 1300. The SMILES string of the molecule is CC(NC(=O)COc1ccc(Cl)cc1)c1nnc(SCc2ccccc2)n1-c1ccc(Cl)cc1Cl. The molecule has 0 spiro atoms. The van der Waals surface area contributed by atoms with Crippen LogP contribution in [0, 0.1) is 0 Å². The summed E-state index contributed by atoms with van der Waals surface area (Å²) in [6.07, 6.45) is 0. The van der Waals surface area contributed by atoms with Gasteiger partial charge in [0.2, 0.25) is 0 Å². The van der Waals surface area contributed by atoms with Gasteiger partial charge in [-0.2, -0.15) is 0 Å². The van der Waals surface area contributed by atoms with Gasteiger partial charge in [-0.3, -0.25) is 9.36 Å². The highest BCUT2D eigenvalue weighted by atomic mass is 35.5. The van der Waals surface area contributed by atoms with Crippen LogP contribution in [0.5, 0.6) is 5.75 Å². The Kier molecular flexibility index (Phi) is 8.57. The van der Waals surface area contributed by atoms with Crippen LogP contribution >= 0.6 is 46.6 Å². The van der Waals surface area contributed by atoms with Crippen molar-refractivity contribution in [3.8, 4) is 11.4 Å². The molecule has 1 aromatic heterocycles. The molecule has 1 amide bonds. The van der Waals surface area contributed by atoms with Crippen molar-refractivity contribution in [2.75, 3.05) is 6.61 Å². The number of carbonyl (C=O) groups is 1. The maximum atomic E-state index is 12.6. The summed E-state index contributed by atoms with van der Waals surface area (Å²) < 4.78 is 7.39. The van der Waals surface area contributed by atoms with Crippen molar-refractivity contribution in [2.45, 2.75) is 23.9 Å². The van der Waals surface area contributed by atoms with E-state index in [0.29, 0.717) is 43.2 Å². The number of rotatable bonds is 9. The zero-order valence-electron chi connectivity index (χ0n) is 18.6. The molecule has 1 unspecified atom stereocenters. The van der Waals surface area contributed by atoms with E-state index in [1.165, 1.54) is 11.8 Å². The van der Waals surface area contributed by atoms with Crippen LogP contribution in [0.3, 0.4) is 0 Å². The minimum Gasteiger partial charge on any atom is -0.484 e. The zero-order chi connectivity index (χ0) is 24.8. The molecule has 0 saturated heterocycles. The Hall–Kier alpha value is -2.71. The molecule has 35 heavy (non-hydrogen) atoms. The lowest BCUT2D eigenvalue weighted by Crippen LogP contribution is -2.32. The van der Waals surface area contributed by atoms with Crippen LogP contribution < -0.4 is 10.1 Å². The maximum absolute atomic E-state index is 12.6. The number of hydrogen-bond donors (Lipinski definition) is 1. The first-order chi connectivity index (χ1) is 16.9. The van der Waals surface area contributed by atoms with Crippen LogP contribution in [0.1, 0.15) is 24.4 Å². The third-order valence-corrected chi connectivity index (χ3v) is 6.76. The van der Waals surface area contributed by atoms with E-state index < -0.39 is 6.04 Å². The molecule has 180 valence electrons. The van der Waals surface area contributed by atoms with Crippen LogP contribution in [-0.2, 0) is 10.5 Å². The molecular formula is C25H21Cl3N4O2S. The second-order valence-electron chi connectivity index (χ2n) is 7.58. The van der Waals surface area contributed by atoms with E-state index in [0.717, 1.165) is 5.56 Å². The minimum absolute atomic E-state index is 0.155. The summed E-state index contributed by atoms with van der Waals surface area (Å²) >= 11 is 20.1. The predicted molar refractivity (Wildman–Crippen MR) is 141 cm³/mol. The topological polar surface area (TPSA) is 69.0 Å². The third kappa shape index (κ3) is 6.70. The van der Waals surface area contributed by atoms with E-state index >= 15 is 0 Å². The van der Waals surface area contributed by atoms with Crippen LogP contribution in [0.4, 0.5) is 0 Å². The van der Waals surface area contributed by atoms with Crippen molar-refractivity contribution in [3.05, 3.63) is 99.3 Å². The van der Waals surface area contributed by atoms with Gasteiger partial charge in [-0.15, -0.1) is 10.2 Å².